The molecule has 6 heteroatoms. The quantitative estimate of drug-likeness (QED) is 0.604. The maximum Gasteiger partial charge on any atom is 0.254 e. The molecule has 152 valence electrons. The fraction of sp³-hybridized carbons (Fsp3) is 0.292. The lowest BCUT2D eigenvalue weighted by Crippen LogP contribution is -2.25. The van der Waals surface area contributed by atoms with Gasteiger partial charge in [0.2, 0.25) is 0 Å². The molecule has 0 N–H and O–H groups in total. The van der Waals surface area contributed by atoms with Gasteiger partial charge in [-0.25, -0.2) is 4.39 Å². The zero-order valence-corrected chi connectivity index (χ0v) is 16.9. The SMILES string of the molecule is Cc1cc(OCc2cccnn2)cc(=O)n1C(C)c1ccc(C#CC2CC2)c(F)c1. The third kappa shape index (κ3) is 4.57. The van der Waals surface area contributed by atoms with Gasteiger partial charge in [-0.15, -0.1) is 0 Å². The lowest BCUT2D eigenvalue weighted by molar-refractivity contribution is 0.298. The van der Waals surface area contributed by atoms with Crippen LogP contribution in [-0.4, -0.2) is 14.8 Å². The molecular weight excluding hydrogens is 381 g/mol. The molecule has 0 radical (unpaired) electrons. The van der Waals surface area contributed by atoms with Crippen molar-refractivity contribution in [2.75, 3.05) is 0 Å². The van der Waals surface area contributed by atoms with Crippen molar-refractivity contribution in [1.29, 1.82) is 0 Å². The summed E-state index contributed by atoms with van der Waals surface area (Å²) in [5.74, 6) is 6.51. The Morgan fingerprint density at radius 1 is 1.27 bits per heavy atom. The van der Waals surface area contributed by atoms with Crippen molar-refractivity contribution in [3.8, 4) is 17.6 Å². The molecule has 2 aromatic heterocycles. The van der Waals surface area contributed by atoms with Gasteiger partial charge in [0, 0.05) is 23.9 Å². The van der Waals surface area contributed by atoms with Crippen LogP contribution >= 0.6 is 0 Å². The zero-order valence-electron chi connectivity index (χ0n) is 16.9. The topological polar surface area (TPSA) is 57.0 Å². The van der Waals surface area contributed by atoms with E-state index < -0.39 is 0 Å². The van der Waals surface area contributed by atoms with Crippen LogP contribution in [0.3, 0.4) is 0 Å². The third-order valence-electron chi connectivity index (χ3n) is 5.10. The molecule has 1 atom stereocenters. The predicted molar refractivity (Wildman–Crippen MR) is 112 cm³/mol. The van der Waals surface area contributed by atoms with Gasteiger partial charge in [-0.05, 0) is 62.6 Å². The minimum atomic E-state index is -0.359. The molecule has 30 heavy (non-hydrogen) atoms. The van der Waals surface area contributed by atoms with Crippen LogP contribution in [0.2, 0.25) is 0 Å². The Kier molecular flexibility index (Phi) is 5.62. The Labute approximate surface area is 174 Å². The predicted octanol–water partition coefficient (Wildman–Crippen LogP) is 4.04. The maximum absolute atomic E-state index is 14.5. The molecule has 0 bridgehead atoms. The van der Waals surface area contributed by atoms with Gasteiger partial charge in [0.25, 0.3) is 5.56 Å². The number of aromatic nitrogens is 3. The Balaban J connectivity index is 1.53. The van der Waals surface area contributed by atoms with E-state index in [2.05, 4.69) is 22.0 Å². The molecule has 1 aliphatic carbocycles. The first kappa shape index (κ1) is 19.8. The monoisotopic (exact) mass is 403 g/mol. The van der Waals surface area contributed by atoms with E-state index in [0.717, 1.165) is 18.5 Å². The molecule has 1 saturated carbocycles. The van der Waals surface area contributed by atoms with E-state index in [9.17, 15) is 9.18 Å². The minimum Gasteiger partial charge on any atom is -0.487 e. The smallest absolute Gasteiger partial charge is 0.254 e. The molecule has 0 saturated heterocycles. The second-order valence-electron chi connectivity index (χ2n) is 7.50. The molecule has 1 aromatic carbocycles. The summed E-state index contributed by atoms with van der Waals surface area (Å²) in [6, 6.07) is 11.5. The fourth-order valence-corrected chi connectivity index (χ4v) is 3.28. The Hall–Kier alpha value is -3.46. The zero-order chi connectivity index (χ0) is 21.1. The van der Waals surface area contributed by atoms with Gasteiger partial charge in [0.1, 0.15) is 23.9 Å². The lowest BCUT2D eigenvalue weighted by Gasteiger charge is -2.19. The third-order valence-corrected chi connectivity index (χ3v) is 5.10. The molecule has 1 unspecified atom stereocenters. The fourth-order valence-electron chi connectivity index (χ4n) is 3.28. The summed E-state index contributed by atoms with van der Waals surface area (Å²) in [5, 5.41) is 7.77. The summed E-state index contributed by atoms with van der Waals surface area (Å²) in [5.41, 5.74) is 2.29. The highest BCUT2D eigenvalue weighted by Gasteiger charge is 2.18. The van der Waals surface area contributed by atoms with Crippen LogP contribution in [0.4, 0.5) is 4.39 Å². The minimum absolute atomic E-state index is 0.213. The molecule has 2 heterocycles. The number of rotatable bonds is 5. The van der Waals surface area contributed by atoms with Crippen LogP contribution in [0, 0.1) is 30.5 Å². The average molecular weight is 403 g/mol. The van der Waals surface area contributed by atoms with Gasteiger partial charge in [-0.1, -0.05) is 17.9 Å². The lowest BCUT2D eigenvalue weighted by atomic mass is 10.0. The van der Waals surface area contributed by atoms with E-state index in [0.29, 0.717) is 28.5 Å². The van der Waals surface area contributed by atoms with E-state index in [4.69, 9.17) is 4.74 Å². The van der Waals surface area contributed by atoms with Crippen molar-refractivity contribution in [2.45, 2.75) is 39.3 Å². The van der Waals surface area contributed by atoms with Crippen molar-refractivity contribution in [2.24, 2.45) is 5.92 Å². The van der Waals surface area contributed by atoms with Gasteiger partial charge in [0.05, 0.1) is 11.6 Å². The second-order valence-corrected chi connectivity index (χ2v) is 7.50. The first-order valence-electron chi connectivity index (χ1n) is 9.95. The number of halogens is 1. The molecular formula is C24H22FN3O2. The number of aryl methyl sites for hydroxylation is 1. The van der Waals surface area contributed by atoms with E-state index in [1.807, 2.05) is 19.9 Å². The van der Waals surface area contributed by atoms with Crippen molar-refractivity contribution >= 4 is 0 Å². The van der Waals surface area contributed by atoms with E-state index in [-0.39, 0.29) is 24.0 Å². The summed E-state index contributed by atoms with van der Waals surface area (Å²) >= 11 is 0. The number of ether oxygens (including phenoxy) is 1. The van der Waals surface area contributed by atoms with Gasteiger partial charge >= 0.3 is 0 Å². The summed E-state index contributed by atoms with van der Waals surface area (Å²) in [7, 11) is 0. The van der Waals surface area contributed by atoms with Gasteiger partial charge < -0.3 is 9.30 Å². The van der Waals surface area contributed by atoms with Crippen LogP contribution in [0.15, 0.2) is 53.5 Å². The Morgan fingerprint density at radius 3 is 2.77 bits per heavy atom. The standard InChI is InChI=1S/C24H22FN3O2/c1-16-12-22(30-15-21-4-3-11-26-27-21)14-24(29)28(16)17(2)20-10-9-19(23(25)13-20)8-7-18-5-6-18/h3-4,9-14,17-18H,5-6,15H2,1-2H3. The van der Waals surface area contributed by atoms with Gasteiger partial charge in [0.15, 0.2) is 0 Å². The number of hydrogen-bond donors (Lipinski definition) is 0. The van der Waals surface area contributed by atoms with Crippen molar-refractivity contribution in [3.05, 3.63) is 87.3 Å². The molecule has 4 rings (SSSR count). The molecule has 3 aromatic rings. The Morgan fingerprint density at radius 2 is 2.10 bits per heavy atom. The first-order chi connectivity index (χ1) is 14.5. The number of pyridine rings is 1. The summed E-state index contributed by atoms with van der Waals surface area (Å²) in [6.07, 6.45) is 3.79. The normalized spacial score (nSPS) is 14.0. The van der Waals surface area contributed by atoms with Crippen LogP contribution in [-0.2, 0) is 6.61 Å². The van der Waals surface area contributed by atoms with Gasteiger partial charge in [-0.3, -0.25) is 4.79 Å². The second kappa shape index (κ2) is 8.50. The van der Waals surface area contributed by atoms with Crippen molar-refractivity contribution in [3.63, 3.8) is 0 Å². The van der Waals surface area contributed by atoms with Crippen LogP contribution in [0.25, 0.3) is 0 Å². The van der Waals surface area contributed by atoms with E-state index >= 15 is 0 Å². The molecule has 1 fully saturated rings. The highest BCUT2D eigenvalue weighted by Crippen LogP contribution is 2.28. The first-order valence-corrected chi connectivity index (χ1v) is 9.95. The number of benzene rings is 1. The molecule has 0 amide bonds. The summed E-state index contributed by atoms with van der Waals surface area (Å²) in [6.45, 7) is 3.93. The van der Waals surface area contributed by atoms with Crippen LogP contribution in [0.5, 0.6) is 5.75 Å². The van der Waals surface area contributed by atoms with Crippen LogP contribution < -0.4 is 10.3 Å². The van der Waals surface area contributed by atoms with Crippen molar-refractivity contribution < 1.29 is 9.13 Å². The molecule has 5 nitrogen and oxygen atoms in total. The summed E-state index contributed by atoms with van der Waals surface area (Å²) < 4.78 is 21.8. The van der Waals surface area contributed by atoms with Crippen LogP contribution in [0.1, 0.15) is 48.3 Å². The molecule has 0 spiro atoms. The largest absolute Gasteiger partial charge is 0.487 e. The molecule has 0 aliphatic heterocycles. The van der Waals surface area contributed by atoms with E-state index in [1.165, 1.54) is 12.1 Å². The average Bonchev–Trinajstić information content (AvgIpc) is 3.56. The maximum atomic E-state index is 14.5. The number of nitrogens with zero attached hydrogens (tertiary/aromatic N) is 3. The number of hydrogen-bond acceptors (Lipinski definition) is 4. The Bertz CT molecular complexity index is 1170. The highest BCUT2D eigenvalue weighted by molar-refractivity contribution is 5.39. The molecule has 1 aliphatic rings. The van der Waals surface area contributed by atoms with E-state index in [1.54, 1.807) is 35.0 Å². The van der Waals surface area contributed by atoms with Crippen molar-refractivity contribution in [1.82, 2.24) is 14.8 Å². The van der Waals surface area contributed by atoms with Gasteiger partial charge in [-0.2, -0.15) is 10.2 Å². The summed E-state index contributed by atoms with van der Waals surface area (Å²) in [4.78, 5) is 12.8. The highest BCUT2D eigenvalue weighted by atomic mass is 19.1.